The zero-order chi connectivity index (χ0) is 6.69. The van der Waals surface area contributed by atoms with E-state index >= 15 is 0 Å². The van der Waals surface area contributed by atoms with Crippen LogP contribution in [-0.4, -0.2) is 10.5 Å². The molecule has 0 spiro atoms. The van der Waals surface area contributed by atoms with Gasteiger partial charge in [0.2, 0.25) is 0 Å². The van der Waals surface area contributed by atoms with Crippen molar-refractivity contribution in [2.75, 3.05) is 0 Å². The number of hydrogen-bond acceptors (Lipinski definition) is 0. The summed E-state index contributed by atoms with van der Waals surface area (Å²) in [5.74, 6) is 0. The van der Waals surface area contributed by atoms with Crippen LogP contribution in [0, 0.1) is 0 Å². The summed E-state index contributed by atoms with van der Waals surface area (Å²) in [6, 6.07) is 0. The second-order valence-electron chi connectivity index (χ2n) is 1.72. The van der Waals surface area contributed by atoms with E-state index in [-0.39, 0.29) is 0 Å². The van der Waals surface area contributed by atoms with E-state index in [1.807, 2.05) is 6.08 Å². The van der Waals surface area contributed by atoms with Crippen molar-refractivity contribution in [2.45, 2.75) is 6.42 Å². The Balaban J connectivity index is 2.91. The second kappa shape index (κ2) is 2.62. The zero-order valence-corrected chi connectivity index (χ0v) is 5.47. The third-order valence-electron chi connectivity index (χ3n) is 1.02. The van der Waals surface area contributed by atoms with Gasteiger partial charge in [-0.25, -0.2) is 0 Å². The molecule has 0 aromatic heterocycles. The Labute approximate surface area is 58.1 Å². The van der Waals surface area contributed by atoms with Gasteiger partial charge in [-0.3, -0.25) is 0 Å². The van der Waals surface area contributed by atoms with Crippen LogP contribution < -0.4 is 0 Å². The maximum atomic E-state index is 8.24. The minimum atomic E-state index is 0.506. The molecule has 0 amide bonds. The smallest absolute Gasteiger partial charge is 0.316 e. The van der Waals surface area contributed by atoms with Crippen LogP contribution >= 0.6 is 11.6 Å². The van der Waals surface area contributed by atoms with Crippen molar-refractivity contribution in [3.63, 3.8) is 0 Å². The molecule has 0 fully saturated rings. The topological polar surface area (TPSA) is 36.4 Å². The molecular weight excluding hydrogens is 136 g/mol. The molecule has 0 saturated heterocycles. The molecule has 0 aliphatic heterocycles. The average molecular weight is 141 g/mol. The summed E-state index contributed by atoms with van der Waals surface area (Å²) in [4.78, 5) is 2.97. The minimum absolute atomic E-state index is 0.506. The molecule has 2 nitrogen and oxygen atoms in total. The predicted molar refractivity (Wildman–Crippen MR) is 36.3 cm³/mol. The highest BCUT2D eigenvalue weighted by molar-refractivity contribution is 6.32. The van der Waals surface area contributed by atoms with Crippen LogP contribution in [0.3, 0.4) is 0 Å². The van der Waals surface area contributed by atoms with E-state index in [4.69, 9.17) is 17.1 Å². The lowest BCUT2D eigenvalue weighted by Gasteiger charge is -1.92. The average Bonchev–Trinajstić information content (AvgIpc) is 1.88. The fraction of sp³-hybridized carbons (Fsp3) is 0.167. The quantitative estimate of drug-likeness (QED) is 0.363. The van der Waals surface area contributed by atoms with Crippen LogP contribution in [0.1, 0.15) is 6.42 Å². The summed E-state index contributed by atoms with van der Waals surface area (Å²) in [7, 11) is 0. The standard InChI is InChI=1S/C6H5ClN2/c7-5-2-1-3-6(4-5)9-8/h1,3-4H,2H2. The van der Waals surface area contributed by atoms with Crippen molar-refractivity contribution in [3.8, 4) is 0 Å². The third-order valence-corrected chi connectivity index (χ3v) is 1.28. The molecule has 0 bridgehead atoms. The number of rotatable bonds is 0. The van der Waals surface area contributed by atoms with Gasteiger partial charge in [0.15, 0.2) is 0 Å². The summed E-state index contributed by atoms with van der Waals surface area (Å²) in [5, 5.41) is 0.699. The van der Waals surface area contributed by atoms with E-state index < -0.39 is 0 Å². The normalized spacial score (nSPS) is 17.0. The van der Waals surface area contributed by atoms with E-state index in [0.29, 0.717) is 10.7 Å². The molecule has 0 N–H and O–H groups in total. The molecule has 0 atom stereocenters. The molecule has 1 aliphatic carbocycles. The highest BCUT2D eigenvalue weighted by Gasteiger charge is 2.04. The van der Waals surface area contributed by atoms with E-state index in [0.717, 1.165) is 6.42 Å². The van der Waals surface area contributed by atoms with E-state index in [1.54, 1.807) is 12.2 Å². The van der Waals surface area contributed by atoms with E-state index in [2.05, 4.69) is 4.79 Å². The van der Waals surface area contributed by atoms with E-state index in [9.17, 15) is 0 Å². The SMILES string of the molecule is [N-]=[N+]=C1C=CCC(Cl)=C1. The van der Waals surface area contributed by atoms with Crippen molar-refractivity contribution in [1.82, 2.24) is 0 Å². The van der Waals surface area contributed by atoms with Crippen molar-refractivity contribution in [1.29, 1.82) is 0 Å². The Kier molecular flexibility index (Phi) is 1.83. The van der Waals surface area contributed by atoms with Gasteiger partial charge in [0.1, 0.15) is 0 Å². The van der Waals surface area contributed by atoms with Crippen LogP contribution in [0.5, 0.6) is 0 Å². The van der Waals surface area contributed by atoms with Gasteiger partial charge in [-0.15, -0.1) is 0 Å². The van der Waals surface area contributed by atoms with Gasteiger partial charge in [-0.05, 0) is 0 Å². The maximum absolute atomic E-state index is 8.24. The summed E-state index contributed by atoms with van der Waals surface area (Å²) >= 11 is 5.61. The predicted octanol–water partition coefficient (Wildman–Crippen LogP) is 1.74. The summed E-state index contributed by atoms with van der Waals surface area (Å²) in [6.45, 7) is 0. The lowest BCUT2D eigenvalue weighted by Crippen LogP contribution is -1.93. The van der Waals surface area contributed by atoms with Crippen LogP contribution in [0.2, 0.25) is 0 Å². The number of nitrogens with zero attached hydrogens (tertiary/aromatic N) is 2. The van der Waals surface area contributed by atoms with Gasteiger partial charge < -0.3 is 5.53 Å². The van der Waals surface area contributed by atoms with Crippen LogP contribution in [0.4, 0.5) is 0 Å². The molecule has 0 radical (unpaired) electrons. The molecular formula is C6H5ClN2. The van der Waals surface area contributed by atoms with Crippen molar-refractivity contribution >= 4 is 17.3 Å². The first-order valence-corrected chi connectivity index (χ1v) is 2.95. The first kappa shape index (κ1) is 6.27. The van der Waals surface area contributed by atoms with Gasteiger partial charge in [0, 0.05) is 23.6 Å². The lowest BCUT2D eigenvalue weighted by atomic mass is 10.2. The zero-order valence-electron chi connectivity index (χ0n) is 4.71. The largest absolute Gasteiger partial charge is 0.361 e. The number of halogens is 1. The monoisotopic (exact) mass is 140 g/mol. The highest BCUT2D eigenvalue weighted by atomic mass is 35.5. The molecule has 0 heterocycles. The fourth-order valence-electron chi connectivity index (χ4n) is 0.622. The Bertz CT molecular complexity index is 221. The van der Waals surface area contributed by atoms with Crippen LogP contribution in [0.15, 0.2) is 23.3 Å². The molecule has 0 aromatic carbocycles. The first-order valence-electron chi connectivity index (χ1n) is 2.57. The van der Waals surface area contributed by atoms with Gasteiger partial charge in [-0.2, -0.15) is 4.79 Å². The Morgan fingerprint density at radius 2 is 2.44 bits per heavy atom. The first-order chi connectivity index (χ1) is 4.33. The minimum Gasteiger partial charge on any atom is -0.361 e. The molecule has 46 valence electrons. The van der Waals surface area contributed by atoms with Crippen molar-refractivity contribution < 1.29 is 4.79 Å². The molecule has 1 rings (SSSR count). The van der Waals surface area contributed by atoms with Gasteiger partial charge in [0.05, 0.1) is 0 Å². The highest BCUT2D eigenvalue weighted by Crippen LogP contribution is 2.11. The van der Waals surface area contributed by atoms with Crippen molar-refractivity contribution in [2.24, 2.45) is 0 Å². The Morgan fingerprint density at radius 3 is 2.89 bits per heavy atom. The maximum Gasteiger partial charge on any atom is 0.316 e. The summed E-state index contributed by atoms with van der Waals surface area (Å²) in [6.07, 6.45) is 5.92. The van der Waals surface area contributed by atoms with Crippen LogP contribution in [-0.2, 0) is 0 Å². The Hall–Kier alpha value is -0.850. The number of allylic oxidation sites excluding steroid dienone is 4. The Morgan fingerprint density at radius 1 is 1.67 bits per heavy atom. The fourth-order valence-corrected chi connectivity index (χ4v) is 0.823. The van der Waals surface area contributed by atoms with Gasteiger partial charge in [0.25, 0.3) is 0 Å². The molecule has 0 saturated carbocycles. The van der Waals surface area contributed by atoms with Crippen LogP contribution in [0.25, 0.3) is 5.53 Å². The lowest BCUT2D eigenvalue weighted by molar-refractivity contribution is -0.00163. The van der Waals surface area contributed by atoms with E-state index in [1.165, 1.54) is 0 Å². The molecule has 0 unspecified atom stereocenters. The number of hydrogen-bond donors (Lipinski definition) is 0. The van der Waals surface area contributed by atoms with Gasteiger partial charge >= 0.3 is 5.71 Å². The summed E-state index contributed by atoms with van der Waals surface area (Å²) in [5.41, 5.74) is 8.75. The summed E-state index contributed by atoms with van der Waals surface area (Å²) < 4.78 is 0. The molecule has 9 heavy (non-hydrogen) atoms. The third kappa shape index (κ3) is 1.53. The van der Waals surface area contributed by atoms with Crippen molar-refractivity contribution in [3.05, 3.63) is 28.8 Å². The molecule has 0 aromatic rings. The molecule has 1 aliphatic rings. The second-order valence-corrected chi connectivity index (χ2v) is 2.21. The van der Waals surface area contributed by atoms with Gasteiger partial charge in [-0.1, -0.05) is 17.7 Å². The molecule has 3 heteroatoms.